The molecule has 2 aliphatic heterocycles. The lowest BCUT2D eigenvalue weighted by atomic mass is 10.1. The zero-order chi connectivity index (χ0) is 22.2. The molecule has 1 saturated heterocycles. The molecule has 0 spiro atoms. The first kappa shape index (κ1) is 22.1. The van der Waals surface area contributed by atoms with E-state index >= 15 is 0 Å². The Morgan fingerprint density at radius 3 is 2.55 bits per heavy atom. The number of amides is 2. The van der Waals surface area contributed by atoms with E-state index in [4.69, 9.17) is 4.74 Å². The number of anilines is 1. The fraction of sp³-hybridized carbons (Fsp3) is 0.636. The van der Waals surface area contributed by atoms with E-state index in [1.807, 2.05) is 0 Å². The Kier molecular flexibility index (Phi) is 6.25. The van der Waals surface area contributed by atoms with Crippen LogP contribution in [0.5, 0.6) is 5.75 Å². The molecule has 0 radical (unpaired) electrons. The van der Waals surface area contributed by atoms with Crippen molar-refractivity contribution in [1.82, 2.24) is 9.62 Å². The van der Waals surface area contributed by atoms with Crippen molar-refractivity contribution in [2.45, 2.75) is 88.3 Å². The van der Waals surface area contributed by atoms with Crippen molar-refractivity contribution in [2.75, 3.05) is 11.9 Å². The lowest BCUT2D eigenvalue weighted by molar-refractivity contribution is -0.125. The molecule has 2 N–H and O–H groups in total. The summed E-state index contributed by atoms with van der Waals surface area (Å²) in [7, 11) is -3.90. The van der Waals surface area contributed by atoms with Gasteiger partial charge in [0.2, 0.25) is 15.9 Å². The average molecular weight is 450 g/mol. The minimum atomic E-state index is -3.90. The van der Waals surface area contributed by atoms with E-state index in [0.717, 1.165) is 25.7 Å². The monoisotopic (exact) mass is 449 g/mol. The van der Waals surface area contributed by atoms with Gasteiger partial charge in [0.1, 0.15) is 11.8 Å². The van der Waals surface area contributed by atoms with E-state index in [1.54, 1.807) is 19.9 Å². The number of nitrogens with zero attached hydrogens (tertiary/aromatic N) is 1. The van der Waals surface area contributed by atoms with Crippen molar-refractivity contribution < 1.29 is 22.7 Å². The summed E-state index contributed by atoms with van der Waals surface area (Å²) in [5.74, 6) is -0.132. The van der Waals surface area contributed by atoms with Crippen LogP contribution in [-0.4, -0.2) is 49.3 Å². The number of benzene rings is 1. The third kappa shape index (κ3) is 4.43. The van der Waals surface area contributed by atoms with Crippen LogP contribution in [-0.2, 0) is 19.6 Å². The van der Waals surface area contributed by atoms with Crippen LogP contribution in [0, 0.1) is 6.92 Å². The zero-order valence-electron chi connectivity index (χ0n) is 18.1. The highest BCUT2D eigenvalue weighted by atomic mass is 32.2. The molecule has 2 fully saturated rings. The Morgan fingerprint density at radius 1 is 1.13 bits per heavy atom. The average Bonchev–Trinajstić information content (AvgIpc) is 3.09. The summed E-state index contributed by atoms with van der Waals surface area (Å²) in [6.07, 6.45) is 6.95. The smallest absolute Gasteiger partial charge is 0.265 e. The molecule has 1 saturated carbocycles. The van der Waals surface area contributed by atoms with Gasteiger partial charge < -0.3 is 15.4 Å². The van der Waals surface area contributed by atoms with Gasteiger partial charge in [-0.15, -0.1) is 0 Å². The van der Waals surface area contributed by atoms with Crippen LogP contribution in [0.3, 0.4) is 0 Å². The molecule has 2 atom stereocenters. The molecule has 1 aliphatic carbocycles. The molecule has 4 rings (SSSR count). The lowest BCUT2D eigenvalue weighted by Gasteiger charge is -2.28. The Bertz CT molecular complexity index is 970. The Labute approximate surface area is 183 Å². The first-order valence-electron chi connectivity index (χ1n) is 11.2. The highest BCUT2D eigenvalue weighted by molar-refractivity contribution is 7.89. The molecule has 9 heteroatoms. The molecule has 2 amide bonds. The molecule has 1 aromatic carbocycles. The second-order valence-corrected chi connectivity index (χ2v) is 10.7. The van der Waals surface area contributed by atoms with E-state index in [-0.39, 0.29) is 22.8 Å². The van der Waals surface area contributed by atoms with Gasteiger partial charge in [0, 0.05) is 18.7 Å². The second-order valence-electron chi connectivity index (χ2n) is 8.83. The summed E-state index contributed by atoms with van der Waals surface area (Å²) in [6, 6.07) is 2.52. The number of hydrogen-bond donors (Lipinski definition) is 2. The molecule has 0 unspecified atom stereocenters. The maximum absolute atomic E-state index is 13.6. The van der Waals surface area contributed by atoms with Crippen LogP contribution < -0.4 is 15.4 Å². The van der Waals surface area contributed by atoms with E-state index in [2.05, 4.69) is 10.6 Å². The molecule has 1 aromatic rings. The number of sulfonamides is 1. The number of fused-ring (bicyclic) bond motifs is 1. The molecule has 2 heterocycles. The fourth-order valence-electron chi connectivity index (χ4n) is 4.76. The predicted molar refractivity (Wildman–Crippen MR) is 116 cm³/mol. The number of carbonyl (C=O) groups excluding carboxylic acids is 2. The van der Waals surface area contributed by atoms with Crippen LogP contribution >= 0.6 is 0 Å². The highest BCUT2D eigenvalue weighted by Gasteiger charge is 2.41. The number of hydrogen-bond acceptors (Lipinski definition) is 5. The van der Waals surface area contributed by atoms with Crippen molar-refractivity contribution in [3.05, 3.63) is 17.7 Å². The normalized spacial score (nSPS) is 25.3. The van der Waals surface area contributed by atoms with Crippen molar-refractivity contribution in [3.63, 3.8) is 0 Å². The van der Waals surface area contributed by atoms with Crippen LogP contribution in [0.25, 0.3) is 0 Å². The van der Waals surface area contributed by atoms with Crippen LogP contribution in [0.4, 0.5) is 5.69 Å². The highest BCUT2D eigenvalue weighted by Crippen LogP contribution is 2.37. The fourth-order valence-corrected chi connectivity index (χ4v) is 6.64. The van der Waals surface area contributed by atoms with Crippen LogP contribution in [0.1, 0.15) is 63.9 Å². The zero-order valence-corrected chi connectivity index (χ0v) is 19.0. The Hall–Kier alpha value is -2.13. The summed E-state index contributed by atoms with van der Waals surface area (Å²) in [5, 5.41) is 5.85. The second kappa shape index (κ2) is 8.78. The maximum atomic E-state index is 13.6. The van der Waals surface area contributed by atoms with Gasteiger partial charge in [-0.2, -0.15) is 4.31 Å². The largest absolute Gasteiger partial charge is 0.479 e. The number of rotatable bonds is 4. The molecule has 3 aliphatic rings. The topological polar surface area (TPSA) is 105 Å². The van der Waals surface area contributed by atoms with Gasteiger partial charge in [0.05, 0.1) is 10.6 Å². The molecular weight excluding hydrogens is 418 g/mol. The van der Waals surface area contributed by atoms with Gasteiger partial charge in [-0.25, -0.2) is 8.42 Å². The third-order valence-electron chi connectivity index (χ3n) is 6.50. The summed E-state index contributed by atoms with van der Waals surface area (Å²) >= 11 is 0. The molecule has 31 heavy (non-hydrogen) atoms. The van der Waals surface area contributed by atoms with E-state index < -0.39 is 22.2 Å². The van der Waals surface area contributed by atoms with Gasteiger partial charge in [0.15, 0.2) is 6.10 Å². The molecule has 170 valence electrons. The maximum Gasteiger partial charge on any atom is 0.265 e. The number of aryl methyl sites for hydroxylation is 1. The van der Waals surface area contributed by atoms with Gasteiger partial charge in [0.25, 0.3) is 5.91 Å². The van der Waals surface area contributed by atoms with Crippen molar-refractivity contribution in [2.24, 2.45) is 0 Å². The first-order chi connectivity index (χ1) is 14.8. The molecular formula is C22H31N3O5S. The number of carbonyl (C=O) groups is 2. The van der Waals surface area contributed by atoms with E-state index in [0.29, 0.717) is 36.4 Å². The molecule has 0 aromatic heterocycles. The Morgan fingerprint density at radius 2 is 1.84 bits per heavy atom. The summed E-state index contributed by atoms with van der Waals surface area (Å²) < 4.78 is 34.0. The van der Waals surface area contributed by atoms with Crippen molar-refractivity contribution in [3.8, 4) is 5.75 Å². The lowest BCUT2D eigenvalue weighted by Crippen LogP contribution is -2.48. The minimum Gasteiger partial charge on any atom is -0.479 e. The third-order valence-corrected chi connectivity index (χ3v) is 8.55. The summed E-state index contributed by atoms with van der Waals surface area (Å²) in [5.41, 5.74) is 0.968. The predicted octanol–water partition coefficient (Wildman–Crippen LogP) is 2.71. The van der Waals surface area contributed by atoms with Gasteiger partial charge in [-0.1, -0.05) is 25.7 Å². The SMILES string of the molecule is Cc1cc2c(cc1S(=O)(=O)N1CCC[C@@H]1C(=O)NC1CCCCCC1)O[C@H](C)C(=O)N2. The van der Waals surface area contributed by atoms with Crippen molar-refractivity contribution in [1.29, 1.82) is 0 Å². The Balaban J connectivity index is 1.57. The van der Waals surface area contributed by atoms with Crippen LogP contribution in [0.15, 0.2) is 17.0 Å². The quantitative estimate of drug-likeness (QED) is 0.688. The van der Waals surface area contributed by atoms with Gasteiger partial charge in [-0.3, -0.25) is 9.59 Å². The van der Waals surface area contributed by atoms with Crippen LogP contribution in [0.2, 0.25) is 0 Å². The number of ether oxygens (including phenoxy) is 1. The van der Waals surface area contributed by atoms with Crippen molar-refractivity contribution >= 4 is 27.5 Å². The summed E-state index contributed by atoms with van der Waals surface area (Å²) in [4.78, 5) is 25.0. The summed E-state index contributed by atoms with van der Waals surface area (Å²) in [6.45, 7) is 3.62. The van der Waals surface area contributed by atoms with Gasteiger partial charge in [-0.05, 0) is 51.2 Å². The standard InChI is InChI=1S/C22H31N3O5S/c1-14-12-17-19(30-15(2)21(26)24-17)13-20(14)31(28,29)25-11-7-10-18(25)22(27)23-16-8-5-3-4-6-9-16/h12-13,15-16,18H,3-11H2,1-2H3,(H,23,27)(H,24,26)/t15-,18-/m1/s1. The molecule has 0 bridgehead atoms. The first-order valence-corrected chi connectivity index (χ1v) is 12.7. The van der Waals surface area contributed by atoms with Gasteiger partial charge >= 0.3 is 0 Å². The van der Waals surface area contributed by atoms with E-state index in [9.17, 15) is 18.0 Å². The molecule has 8 nitrogen and oxygen atoms in total. The number of nitrogens with one attached hydrogen (secondary N) is 2. The minimum absolute atomic E-state index is 0.115. The van der Waals surface area contributed by atoms with E-state index in [1.165, 1.54) is 23.2 Å².